The fraction of sp³-hybridized carbons (Fsp3) is 0.625. The van der Waals surface area contributed by atoms with Gasteiger partial charge >= 0.3 is 0 Å². The van der Waals surface area contributed by atoms with Crippen molar-refractivity contribution in [3.05, 3.63) is 29.6 Å². The molecule has 0 saturated heterocycles. The lowest BCUT2D eigenvalue weighted by molar-refractivity contribution is 0.170. The van der Waals surface area contributed by atoms with Crippen molar-refractivity contribution < 1.29 is 13.9 Å². The Kier molecular flexibility index (Phi) is 7.55. The third-order valence-corrected chi connectivity index (χ3v) is 3.50. The van der Waals surface area contributed by atoms with Gasteiger partial charge in [-0.1, -0.05) is 19.9 Å². The Hall–Kier alpha value is -1.13. The van der Waals surface area contributed by atoms with E-state index < -0.39 is 0 Å². The van der Waals surface area contributed by atoms with Crippen LogP contribution in [-0.4, -0.2) is 27.4 Å². The van der Waals surface area contributed by atoms with E-state index in [4.69, 9.17) is 9.47 Å². The largest absolute Gasteiger partial charge is 0.494 e. The van der Waals surface area contributed by atoms with Crippen LogP contribution >= 0.6 is 0 Å². The highest BCUT2D eigenvalue weighted by atomic mass is 19.1. The van der Waals surface area contributed by atoms with E-state index in [1.54, 1.807) is 19.2 Å². The molecule has 1 rings (SSSR count). The number of ether oxygens (including phenoxy) is 2. The standard InChI is InChI=1S/C16H26FNO2/c1-5-9-18-16(12(2)8-10-19-3)13-6-7-15(20-4)14(17)11-13/h6-7,11-12,16,18H,5,8-10H2,1-4H3. The van der Waals surface area contributed by atoms with Crippen molar-refractivity contribution >= 4 is 0 Å². The molecule has 2 unspecified atom stereocenters. The second kappa shape index (κ2) is 8.93. The van der Waals surface area contributed by atoms with Crippen molar-refractivity contribution in [1.82, 2.24) is 5.32 Å². The van der Waals surface area contributed by atoms with E-state index in [0.29, 0.717) is 12.5 Å². The van der Waals surface area contributed by atoms with Gasteiger partial charge in [0.05, 0.1) is 7.11 Å². The first-order chi connectivity index (χ1) is 9.63. The second-order valence-electron chi connectivity index (χ2n) is 5.08. The molecule has 0 amide bonds. The minimum atomic E-state index is -0.313. The Morgan fingerprint density at radius 1 is 1.30 bits per heavy atom. The zero-order valence-electron chi connectivity index (χ0n) is 12.9. The number of halogens is 1. The van der Waals surface area contributed by atoms with Gasteiger partial charge in [0.2, 0.25) is 0 Å². The average molecular weight is 283 g/mol. The smallest absolute Gasteiger partial charge is 0.165 e. The summed E-state index contributed by atoms with van der Waals surface area (Å²) in [5.41, 5.74) is 0.959. The molecule has 4 heteroatoms. The van der Waals surface area contributed by atoms with Gasteiger partial charge in [-0.15, -0.1) is 0 Å². The van der Waals surface area contributed by atoms with Crippen molar-refractivity contribution in [2.45, 2.75) is 32.7 Å². The van der Waals surface area contributed by atoms with Gasteiger partial charge in [0, 0.05) is 19.8 Å². The SMILES string of the molecule is CCCNC(c1ccc(OC)c(F)c1)C(C)CCOC. The summed E-state index contributed by atoms with van der Waals surface area (Å²) < 4.78 is 24.0. The molecule has 0 saturated carbocycles. The van der Waals surface area contributed by atoms with E-state index >= 15 is 0 Å². The van der Waals surface area contributed by atoms with Gasteiger partial charge in [-0.05, 0) is 43.0 Å². The fourth-order valence-electron chi connectivity index (χ4n) is 2.29. The molecule has 114 valence electrons. The summed E-state index contributed by atoms with van der Waals surface area (Å²) in [5, 5.41) is 3.50. The third-order valence-electron chi connectivity index (χ3n) is 3.50. The summed E-state index contributed by atoms with van der Waals surface area (Å²) in [5.74, 6) is 0.342. The van der Waals surface area contributed by atoms with Gasteiger partial charge in [-0.25, -0.2) is 4.39 Å². The molecule has 1 aromatic rings. The molecule has 0 spiro atoms. The first-order valence-corrected chi connectivity index (χ1v) is 7.19. The Bertz CT molecular complexity index is 398. The maximum atomic E-state index is 13.9. The number of benzene rings is 1. The molecule has 2 atom stereocenters. The summed E-state index contributed by atoms with van der Waals surface area (Å²) in [6.07, 6.45) is 1.98. The minimum Gasteiger partial charge on any atom is -0.494 e. The molecule has 0 fully saturated rings. The summed E-state index contributed by atoms with van der Waals surface area (Å²) in [7, 11) is 3.18. The average Bonchev–Trinajstić information content (AvgIpc) is 2.45. The molecule has 3 nitrogen and oxygen atoms in total. The predicted octanol–water partition coefficient (Wildman–Crippen LogP) is 3.55. The Balaban J connectivity index is 2.88. The molecule has 0 bridgehead atoms. The molecule has 1 N–H and O–H groups in total. The normalized spacial score (nSPS) is 14.1. The van der Waals surface area contributed by atoms with E-state index in [2.05, 4.69) is 19.2 Å². The van der Waals surface area contributed by atoms with Gasteiger partial charge in [-0.2, -0.15) is 0 Å². The highest BCUT2D eigenvalue weighted by Crippen LogP contribution is 2.28. The lowest BCUT2D eigenvalue weighted by atomic mass is 9.91. The van der Waals surface area contributed by atoms with Crippen molar-refractivity contribution in [2.75, 3.05) is 27.4 Å². The van der Waals surface area contributed by atoms with Crippen LogP contribution in [-0.2, 0) is 4.74 Å². The summed E-state index contributed by atoms with van der Waals surface area (Å²) in [6.45, 7) is 5.91. The minimum absolute atomic E-state index is 0.130. The van der Waals surface area contributed by atoms with Crippen LogP contribution in [0.1, 0.15) is 38.3 Å². The molecular weight excluding hydrogens is 257 g/mol. The van der Waals surface area contributed by atoms with Crippen molar-refractivity contribution in [3.63, 3.8) is 0 Å². The van der Waals surface area contributed by atoms with Gasteiger partial charge in [0.15, 0.2) is 11.6 Å². The molecular formula is C16H26FNO2. The number of rotatable bonds is 9. The molecule has 1 aromatic carbocycles. The summed E-state index contributed by atoms with van der Waals surface area (Å²) >= 11 is 0. The number of methoxy groups -OCH3 is 2. The Morgan fingerprint density at radius 3 is 2.60 bits per heavy atom. The van der Waals surface area contributed by atoms with Crippen molar-refractivity contribution in [3.8, 4) is 5.75 Å². The van der Waals surface area contributed by atoms with E-state index in [0.717, 1.165) is 24.9 Å². The Morgan fingerprint density at radius 2 is 2.05 bits per heavy atom. The van der Waals surface area contributed by atoms with Crippen molar-refractivity contribution in [1.29, 1.82) is 0 Å². The lowest BCUT2D eigenvalue weighted by Gasteiger charge is -2.26. The topological polar surface area (TPSA) is 30.5 Å². The first kappa shape index (κ1) is 16.9. The zero-order chi connectivity index (χ0) is 15.0. The van der Waals surface area contributed by atoms with Crippen LogP contribution in [0.3, 0.4) is 0 Å². The van der Waals surface area contributed by atoms with E-state index in [1.165, 1.54) is 7.11 Å². The predicted molar refractivity (Wildman–Crippen MR) is 79.6 cm³/mol. The number of hydrogen-bond donors (Lipinski definition) is 1. The zero-order valence-corrected chi connectivity index (χ0v) is 12.9. The Labute approximate surface area is 121 Å². The highest BCUT2D eigenvalue weighted by Gasteiger charge is 2.19. The van der Waals surface area contributed by atoms with Crippen LogP contribution in [0.4, 0.5) is 4.39 Å². The maximum Gasteiger partial charge on any atom is 0.165 e. The van der Waals surface area contributed by atoms with Gasteiger partial charge in [0.25, 0.3) is 0 Å². The van der Waals surface area contributed by atoms with Crippen LogP contribution in [0.15, 0.2) is 18.2 Å². The number of nitrogens with one attached hydrogen (secondary N) is 1. The van der Waals surface area contributed by atoms with E-state index in [1.807, 2.05) is 6.07 Å². The van der Waals surface area contributed by atoms with Gasteiger partial charge in [-0.3, -0.25) is 0 Å². The highest BCUT2D eigenvalue weighted by molar-refractivity contribution is 5.31. The van der Waals surface area contributed by atoms with Crippen LogP contribution < -0.4 is 10.1 Å². The molecule has 0 aliphatic carbocycles. The molecule has 0 aromatic heterocycles. The van der Waals surface area contributed by atoms with E-state index in [9.17, 15) is 4.39 Å². The molecule has 20 heavy (non-hydrogen) atoms. The lowest BCUT2D eigenvalue weighted by Crippen LogP contribution is -2.28. The quantitative estimate of drug-likeness (QED) is 0.752. The molecule has 0 radical (unpaired) electrons. The fourth-order valence-corrected chi connectivity index (χ4v) is 2.29. The van der Waals surface area contributed by atoms with E-state index in [-0.39, 0.29) is 17.6 Å². The molecule has 0 aliphatic heterocycles. The molecule has 0 heterocycles. The van der Waals surface area contributed by atoms with Crippen LogP contribution in [0, 0.1) is 11.7 Å². The summed E-state index contributed by atoms with van der Waals surface area (Å²) in [6, 6.07) is 5.31. The van der Waals surface area contributed by atoms with Crippen molar-refractivity contribution in [2.24, 2.45) is 5.92 Å². The van der Waals surface area contributed by atoms with Crippen LogP contribution in [0.2, 0.25) is 0 Å². The van der Waals surface area contributed by atoms with Crippen LogP contribution in [0.5, 0.6) is 5.75 Å². The second-order valence-corrected chi connectivity index (χ2v) is 5.08. The first-order valence-electron chi connectivity index (χ1n) is 7.19. The van der Waals surface area contributed by atoms with Gasteiger partial charge in [0.1, 0.15) is 0 Å². The molecule has 0 aliphatic rings. The third kappa shape index (κ3) is 4.76. The number of hydrogen-bond acceptors (Lipinski definition) is 3. The maximum absolute atomic E-state index is 13.9. The summed E-state index contributed by atoms with van der Waals surface area (Å²) in [4.78, 5) is 0. The van der Waals surface area contributed by atoms with Crippen LogP contribution in [0.25, 0.3) is 0 Å². The van der Waals surface area contributed by atoms with Gasteiger partial charge < -0.3 is 14.8 Å². The monoisotopic (exact) mass is 283 g/mol.